The van der Waals surface area contributed by atoms with Gasteiger partial charge >= 0.3 is 5.97 Å². The van der Waals surface area contributed by atoms with Crippen molar-refractivity contribution in [1.82, 2.24) is 0 Å². The van der Waals surface area contributed by atoms with Crippen LogP contribution in [-0.2, 0) is 14.3 Å². The molecule has 1 amide bonds. The number of piperidine rings is 1. The number of hydrogen-bond donors (Lipinski definition) is 2. The fraction of sp³-hybridized carbons (Fsp3) is 0.364. The molecule has 0 spiro atoms. The van der Waals surface area contributed by atoms with E-state index in [0.717, 1.165) is 24.3 Å². The van der Waals surface area contributed by atoms with Crippen molar-refractivity contribution in [3.05, 3.63) is 54.6 Å². The molecule has 0 aliphatic carbocycles. The molecule has 0 bridgehead atoms. The molecule has 0 aromatic heterocycles. The second kappa shape index (κ2) is 9.90. The highest BCUT2D eigenvalue weighted by Crippen LogP contribution is 2.28. The van der Waals surface area contributed by atoms with Gasteiger partial charge in [-0.2, -0.15) is 0 Å². The number of nitrogens with one attached hydrogen (secondary N) is 2. The maximum Gasteiger partial charge on any atom is 0.314 e. The van der Waals surface area contributed by atoms with Crippen LogP contribution in [0.3, 0.4) is 0 Å². The Balaban J connectivity index is 1.58. The Morgan fingerprint density at radius 3 is 2.64 bits per heavy atom. The van der Waals surface area contributed by atoms with E-state index in [1.54, 1.807) is 0 Å². The van der Waals surface area contributed by atoms with Crippen LogP contribution in [0.5, 0.6) is 11.5 Å². The number of ether oxygens (including phenoxy) is 2. The van der Waals surface area contributed by atoms with Gasteiger partial charge < -0.3 is 19.7 Å². The highest BCUT2D eigenvalue weighted by molar-refractivity contribution is 5.93. The minimum Gasteiger partial charge on any atom is -0.466 e. The first kappa shape index (κ1) is 19.9. The zero-order valence-corrected chi connectivity index (χ0v) is 16.1. The molecule has 2 aromatic rings. The van der Waals surface area contributed by atoms with Gasteiger partial charge in [-0.25, -0.2) is 0 Å². The van der Waals surface area contributed by atoms with Crippen molar-refractivity contribution in [2.24, 2.45) is 5.92 Å². The number of amides is 1. The molecule has 1 saturated heterocycles. The minimum absolute atomic E-state index is 0.0939. The summed E-state index contributed by atoms with van der Waals surface area (Å²) in [5.41, 5.74) is 0.634. The predicted molar refractivity (Wildman–Crippen MR) is 107 cm³/mol. The van der Waals surface area contributed by atoms with Crippen LogP contribution in [-0.4, -0.2) is 38.1 Å². The first-order valence-corrected chi connectivity index (χ1v) is 9.77. The minimum atomic E-state index is -0.151. The molecule has 2 aromatic carbocycles. The molecule has 1 heterocycles. The summed E-state index contributed by atoms with van der Waals surface area (Å²) in [6.45, 7) is 4.03. The molecule has 1 aliphatic heterocycles. The van der Waals surface area contributed by atoms with Crippen LogP contribution in [0.25, 0.3) is 0 Å². The van der Waals surface area contributed by atoms with E-state index in [1.807, 2.05) is 61.5 Å². The third kappa shape index (κ3) is 5.57. The predicted octanol–water partition coefficient (Wildman–Crippen LogP) is 2.28. The van der Waals surface area contributed by atoms with E-state index in [2.05, 4.69) is 5.32 Å². The van der Waals surface area contributed by atoms with Gasteiger partial charge in [0.1, 0.15) is 11.7 Å². The first-order chi connectivity index (χ1) is 13.7. The topological polar surface area (TPSA) is 69.1 Å². The van der Waals surface area contributed by atoms with Gasteiger partial charge in [-0.1, -0.05) is 30.3 Å². The Hall–Kier alpha value is -2.86. The number of anilines is 1. The van der Waals surface area contributed by atoms with Crippen molar-refractivity contribution in [2.45, 2.75) is 19.8 Å². The number of benzene rings is 2. The van der Waals surface area contributed by atoms with Crippen molar-refractivity contribution in [3.63, 3.8) is 0 Å². The Kier molecular flexibility index (Phi) is 7.03. The van der Waals surface area contributed by atoms with Crippen molar-refractivity contribution >= 4 is 17.6 Å². The smallest absolute Gasteiger partial charge is 0.314 e. The van der Waals surface area contributed by atoms with Crippen LogP contribution in [0.4, 0.5) is 5.69 Å². The molecule has 6 nitrogen and oxygen atoms in total. The van der Waals surface area contributed by atoms with E-state index in [-0.39, 0.29) is 17.8 Å². The van der Waals surface area contributed by atoms with Gasteiger partial charge in [-0.15, -0.1) is 0 Å². The number of quaternary nitrogens is 1. The number of carbonyl (C=O) groups excluding carboxylic acids is 2. The Bertz CT molecular complexity index is 794. The van der Waals surface area contributed by atoms with Crippen molar-refractivity contribution in [3.8, 4) is 11.5 Å². The Morgan fingerprint density at radius 1 is 1.11 bits per heavy atom. The lowest BCUT2D eigenvalue weighted by Gasteiger charge is -2.28. The molecule has 1 fully saturated rings. The molecule has 2 atom stereocenters. The molecule has 0 saturated carbocycles. The van der Waals surface area contributed by atoms with E-state index in [9.17, 15) is 9.59 Å². The van der Waals surface area contributed by atoms with Crippen molar-refractivity contribution in [2.75, 3.05) is 31.6 Å². The van der Waals surface area contributed by atoms with E-state index >= 15 is 0 Å². The largest absolute Gasteiger partial charge is 0.466 e. The average Bonchev–Trinajstić information content (AvgIpc) is 2.70. The molecular weight excluding hydrogens is 356 g/mol. The van der Waals surface area contributed by atoms with Crippen LogP contribution < -0.4 is 15.0 Å². The van der Waals surface area contributed by atoms with Crippen LogP contribution in [0, 0.1) is 5.92 Å². The van der Waals surface area contributed by atoms with E-state index in [1.165, 1.54) is 0 Å². The van der Waals surface area contributed by atoms with Crippen molar-refractivity contribution < 1.29 is 24.0 Å². The monoisotopic (exact) mass is 383 g/mol. The molecule has 6 heteroatoms. The fourth-order valence-electron chi connectivity index (χ4n) is 3.47. The maximum atomic E-state index is 12.6. The molecule has 1 unspecified atom stereocenters. The van der Waals surface area contributed by atoms with Gasteiger partial charge in [0.15, 0.2) is 12.3 Å². The highest BCUT2D eigenvalue weighted by atomic mass is 16.5. The molecule has 0 radical (unpaired) electrons. The Morgan fingerprint density at radius 2 is 1.86 bits per heavy atom. The summed E-state index contributed by atoms with van der Waals surface area (Å²) in [5, 5.41) is 2.95. The maximum absolute atomic E-state index is 12.6. The SMILES string of the molecule is CCOC(=O)[C@@H]1CCC[NH+](CC(=O)Nc2ccccc2Oc2ccccc2)C1. The van der Waals surface area contributed by atoms with Gasteiger partial charge in [-0.3, -0.25) is 9.59 Å². The van der Waals surface area contributed by atoms with Gasteiger partial charge in [-0.05, 0) is 44.0 Å². The molecular formula is C22H27N2O4+. The molecule has 148 valence electrons. The summed E-state index contributed by atoms with van der Waals surface area (Å²) >= 11 is 0. The lowest BCUT2D eigenvalue weighted by molar-refractivity contribution is -0.899. The summed E-state index contributed by atoms with van der Waals surface area (Å²) < 4.78 is 11.0. The van der Waals surface area contributed by atoms with Crippen LogP contribution in [0.1, 0.15) is 19.8 Å². The summed E-state index contributed by atoms with van der Waals surface area (Å²) in [5.74, 6) is 0.943. The molecule has 28 heavy (non-hydrogen) atoms. The van der Waals surface area contributed by atoms with Crippen LogP contribution >= 0.6 is 0 Å². The number of esters is 1. The third-order valence-electron chi connectivity index (χ3n) is 4.78. The summed E-state index contributed by atoms with van der Waals surface area (Å²) in [4.78, 5) is 25.7. The van der Waals surface area contributed by atoms with Gasteiger partial charge in [0.25, 0.3) is 5.91 Å². The number of para-hydroxylation sites is 3. The Labute approximate surface area is 165 Å². The second-order valence-corrected chi connectivity index (χ2v) is 6.93. The highest BCUT2D eigenvalue weighted by Gasteiger charge is 2.30. The molecule has 1 aliphatic rings. The van der Waals surface area contributed by atoms with Crippen molar-refractivity contribution in [1.29, 1.82) is 0 Å². The van der Waals surface area contributed by atoms with Crippen LogP contribution in [0.2, 0.25) is 0 Å². The summed E-state index contributed by atoms with van der Waals surface area (Å²) in [6, 6.07) is 16.8. The number of rotatable bonds is 7. The zero-order valence-electron chi connectivity index (χ0n) is 16.1. The lowest BCUT2D eigenvalue weighted by atomic mass is 9.98. The molecule has 3 rings (SSSR count). The van der Waals surface area contributed by atoms with Gasteiger partial charge in [0, 0.05) is 0 Å². The number of carbonyl (C=O) groups is 2. The first-order valence-electron chi connectivity index (χ1n) is 9.77. The quantitative estimate of drug-likeness (QED) is 0.720. The zero-order chi connectivity index (χ0) is 19.8. The lowest BCUT2D eigenvalue weighted by Crippen LogP contribution is -3.14. The van der Waals surface area contributed by atoms with Gasteiger partial charge in [0.05, 0.1) is 25.4 Å². The summed E-state index contributed by atoms with van der Waals surface area (Å²) in [6.07, 6.45) is 1.75. The number of hydrogen-bond acceptors (Lipinski definition) is 4. The van der Waals surface area contributed by atoms with E-state index in [0.29, 0.717) is 36.9 Å². The van der Waals surface area contributed by atoms with E-state index < -0.39 is 0 Å². The van der Waals surface area contributed by atoms with Crippen LogP contribution in [0.15, 0.2) is 54.6 Å². The molecule has 2 N–H and O–H groups in total. The number of likely N-dealkylation sites (tertiary alicyclic amines) is 1. The van der Waals surface area contributed by atoms with Gasteiger partial charge in [0.2, 0.25) is 0 Å². The average molecular weight is 383 g/mol. The van der Waals surface area contributed by atoms with E-state index in [4.69, 9.17) is 9.47 Å². The third-order valence-corrected chi connectivity index (χ3v) is 4.78. The second-order valence-electron chi connectivity index (χ2n) is 6.93. The fourth-order valence-corrected chi connectivity index (χ4v) is 3.47. The summed E-state index contributed by atoms with van der Waals surface area (Å²) in [7, 11) is 0. The normalized spacial score (nSPS) is 18.9. The standard InChI is InChI=1S/C22H26N2O4/c1-2-27-22(26)17-9-8-14-24(15-17)16-21(25)23-19-12-6-7-13-20(19)28-18-10-4-3-5-11-18/h3-7,10-13,17H,2,8-9,14-16H2,1H3,(H,23,25)/p+1/t17-/m1/s1.